The highest BCUT2D eigenvalue weighted by Gasteiger charge is 2.39. The van der Waals surface area contributed by atoms with Crippen LogP contribution >= 0.6 is 0 Å². The number of ether oxygens (including phenoxy) is 2. The van der Waals surface area contributed by atoms with Gasteiger partial charge in [0.15, 0.2) is 17.2 Å². The summed E-state index contributed by atoms with van der Waals surface area (Å²) in [6, 6.07) is 11.4. The maximum absolute atomic E-state index is 13.7. The molecule has 0 atom stereocenters. The maximum Gasteiger partial charge on any atom is 0.435 e. The van der Waals surface area contributed by atoms with Crippen LogP contribution < -0.4 is 15.2 Å². The molecule has 3 rings (SSSR count). The largest absolute Gasteiger partial charge is 0.493 e. The number of alkyl halides is 3. The Morgan fingerprint density at radius 2 is 1.70 bits per heavy atom. The number of halogens is 3. The Bertz CT molecular complexity index is 981. The van der Waals surface area contributed by atoms with Gasteiger partial charge in [-0.2, -0.15) is 18.3 Å². The van der Waals surface area contributed by atoms with E-state index in [9.17, 15) is 13.2 Å². The van der Waals surface area contributed by atoms with Gasteiger partial charge in [-0.15, -0.1) is 0 Å². The lowest BCUT2D eigenvalue weighted by Crippen LogP contribution is -2.08. The zero-order chi connectivity index (χ0) is 19.8. The smallest absolute Gasteiger partial charge is 0.435 e. The highest BCUT2D eigenvalue weighted by Crippen LogP contribution is 2.42. The SMILES string of the molecule is COc1ccc(-c2c(C(F)(F)F)nn(-c3cccc(C)c3)c2N)cc1OC. The highest BCUT2D eigenvalue weighted by molar-refractivity contribution is 5.80. The molecule has 0 saturated heterocycles. The van der Waals surface area contributed by atoms with Crippen LogP contribution in [-0.2, 0) is 6.18 Å². The van der Waals surface area contributed by atoms with E-state index in [1.165, 1.54) is 32.4 Å². The van der Waals surface area contributed by atoms with Crippen LogP contribution in [0.2, 0.25) is 0 Å². The first-order valence-corrected chi connectivity index (χ1v) is 8.01. The van der Waals surface area contributed by atoms with Crippen LogP contribution in [0.3, 0.4) is 0 Å². The van der Waals surface area contributed by atoms with E-state index in [1.54, 1.807) is 18.2 Å². The van der Waals surface area contributed by atoms with Crippen molar-refractivity contribution in [2.24, 2.45) is 0 Å². The molecule has 0 radical (unpaired) electrons. The molecule has 0 unspecified atom stereocenters. The summed E-state index contributed by atoms with van der Waals surface area (Å²) >= 11 is 0. The number of benzene rings is 2. The van der Waals surface area contributed by atoms with Crippen LogP contribution in [0.1, 0.15) is 11.3 Å². The number of hydrogen-bond donors (Lipinski definition) is 1. The van der Waals surface area contributed by atoms with Crippen molar-refractivity contribution in [3.8, 4) is 28.3 Å². The molecule has 0 spiro atoms. The molecular weight excluding hydrogens is 359 g/mol. The Morgan fingerprint density at radius 1 is 1.00 bits per heavy atom. The van der Waals surface area contributed by atoms with Crippen LogP contribution in [0, 0.1) is 6.92 Å². The molecule has 2 aromatic carbocycles. The summed E-state index contributed by atoms with van der Waals surface area (Å²) in [5.41, 5.74) is 6.40. The van der Waals surface area contributed by atoms with E-state index in [-0.39, 0.29) is 16.9 Å². The molecule has 0 saturated carbocycles. The molecule has 3 aromatic rings. The molecule has 142 valence electrons. The summed E-state index contributed by atoms with van der Waals surface area (Å²) in [4.78, 5) is 0. The van der Waals surface area contributed by atoms with Crippen LogP contribution in [0.15, 0.2) is 42.5 Å². The van der Waals surface area contributed by atoms with E-state index in [0.29, 0.717) is 17.2 Å². The summed E-state index contributed by atoms with van der Waals surface area (Å²) < 4.78 is 52.4. The van der Waals surface area contributed by atoms with Crippen molar-refractivity contribution in [3.05, 3.63) is 53.7 Å². The average molecular weight is 377 g/mol. The Morgan fingerprint density at radius 3 is 2.30 bits per heavy atom. The molecule has 1 heterocycles. The van der Waals surface area contributed by atoms with Gasteiger partial charge in [-0.05, 0) is 42.3 Å². The Kier molecular flexibility index (Phi) is 4.73. The maximum atomic E-state index is 13.7. The lowest BCUT2D eigenvalue weighted by Gasteiger charge is -2.11. The summed E-state index contributed by atoms with van der Waals surface area (Å²) in [6.45, 7) is 1.84. The Labute approximate surface area is 154 Å². The van der Waals surface area contributed by atoms with Gasteiger partial charge in [-0.25, -0.2) is 4.68 Å². The summed E-state index contributed by atoms with van der Waals surface area (Å²) in [5, 5.41) is 3.76. The number of aryl methyl sites for hydroxylation is 1. The third-order valence-corrected chi connectivity index (χ3v) is 4.11. The lowest BCUT2D eigenvalue weighted by atomic mass is 10.0. The van der Waals surface area contributed by atoms with Gasteiger partial charge in [0.05, 0.1) is 25.5 Å². The zero-order valence-electron chi connectivity index (χ0n) is 15.0. The van der Waals surface area contributed by atoms with Gasteiger partial charge in [0.2, 0.25) is 0 Å². The fourth-order valence-corrected chi connectivity index (χ4v) is 2.86. The predicted octanol–water partition coefficient (Wildman–Crippen LogP) is 4.47. The first-order valence-electron chi connectivity index (χ1n) is 8.01. The second kappa shape index (κ2) is 6.86. The fraction of sp³-hybridized carbons (Fsp3) is 0.211. The van der Waals surface area contributed by atoms with Crippen LogP contribution in [0.5, 0.6) is 11.5 Å². The van der Waals surface area contributed by atoms with Crippen molar-refractivity contribution < 1.29 is 22.6 Å². The second-order valence-corrected chi connectivity index (χ2v) is 5.93. The van der Waals surface area contributed by atoms with Gasteiger partial charge < -0.3 is 15.2 Å². The van der Waals surface area contributed by atoms with Gasteiger partial charge in [-0.1, -0.05) is 18.2 Å². The zero-order valence-corrected chi connectivity index (χ0v) is 15.0. The standard InChI is InChI=1S/C19H18F3N3O2/c1-11-5-4-6-13(9-11)25-18(23)16(17(24-25)19(20,21)22)12-7-8-14(26-2)15(10-12)27-3/h4-10H,23H2,1-3H3. The molecular formula is C19H18F3N3O2. The second-order valence-electron chi connectivity index (χ2n) is 5.93. The van der Waals surface area contributed by atoms with E-state index < -0.39 is 11.9 Å². The van der Waals surface area contributed by atoms with Crippen LogP contribution in [0.25, 0.3) is 16.8 Å². The number of nitrogens with zero attached hydrogens (tertiary/aromatic N) is 2. The molecule has 1 aromatic heterocycles. The van der Waals surface area contributed by atoms with Gasteiger partial charge in [0.25, 0.3) is 0 Å². The first-order chi connectivity index (χ1) is 12.8. The van der Waals surface area contributed by atoms with Gasteiger partial charge >= 0.3 is 6.18 Å². The molecule has 5 nitrogen and oxygen atoms in total. The van der Waals surface area contributed by atoms with Crippen molar-refractivity contribution >= 4 is 5.82 Å². The molecule has 0 aliphatic heterocycles. The number of rotatable bonds is 4. The molecule has 8 heteroatoms. The van der Waals surface area contributed by atoms with E-state index in [0.717, 1.165) is 10.2 Å². The molecule has 0 fully saturated rings. The molecule has 27 heavy (non-hydrogen) atoms. The summed E-state index contributed by atoms with van der Waals surface area (Å²) in [6.07, 6.45) is -4.67. The molecule has 2 N–H and O–H groups in total. The van der Waals surface area contributed by atoms with Crippen molar-refractivity contribution in [2.45, 2.75) is 13.1 Å². The Balaban J connectivity index is 2.26. The number of aromatic nitrogens is 2. The number of methoxy groups -OCH3 is 2. The number of nitrogen functional groups attached to an aromatic ring is 1. The molecule has 0 amide bonds. The van der Waals surface area contributed by atoms with E-state index in [4.69, 9.17) is 15.2 Å². The highest BCUT2D eigenvalue weighted by atomic mass is 19.4. The summed E-state index contributed by atoms with van der Waals surface area (Å²) in [5.74, 6) is 0.588. The van der Waals surface area contributed by atoms with E-state index in [1.807, 2.05) is 13.0 Å². The van der Waals surface area contributed by atoms with Crippen LogP contribution in [0.4, 0.5) is 19.0 Å². The van der Waals surface area contributed by atoms with Gasteiger partial charge in [-0.3, -0.25) is 0 Å². The molecule has 0 aliphatic rings. The van der Waals surface area contributed by atoms with Crippen LogP contribution in [-0.4, -0.2) is 24.0 Å². The number of hydrogen-bond acceptors (Lipinski definition) is 4. The normalized spacial score (nSPS) is 11.5. The predicted molar refractivity (Wildman–Crippen MR) is 96.3 cm³/mol. The fourth-order valence-electron chi connectivity index (χ4n) is 2.86. The molecule has 0 bridgehead atoms. The van der Waals surface area contributed by atoms with E-state index in [2.05, 4.69) is 5.10 Å². The topological polar surface area (TPSA) is 62.3 Å². The number of nitrogens with two attached hydrogens (primary N) is 1. The van der Waals surface area contributed by atoms with E-state index >= 15 is 0 Å². The average Bonchev–Trinajstić information content (AvgIpc) is 2.98. The molecule has 0 aliphatic carbocycles. The van der Waals surface area contributed by atoms with Gasteiger partial charge in [0.1, 0.15) is 5.82 Å². The third kappa shape index (κ3) is 3.42. The quantitative estimate of drug-likeness (QED) is 0.729. The van der Waals surface area contributed by atoms with Crippen molar-refractivity contribution in [2.75, 3.05) is 20.0 Å². The Hall–Kier alpha value is -3.16. The number of anilines is 1. The minimum Gasteiger partial charge on any atom is -0.493 e. The van der Waals surface area contributed by atoms with Crippen molar-refractivity contribution in [1.82, 2.24) is 9.78 Å². The lowest BCUT2D eigenvalue weighted by molar-refractivity contribution is -0.140. The minimum absolute atomic E-state index is 0.111. The summed E-state index contributed by atoms with van der Waals surface area (Å²) in [7, 11) is 2.86. The first kappa shape index (κ1) is 18.6. The van der Waals surface area contributed by atoms with Gasteiger partial charge in [0, 0.05) is 0 Å². The monoisotopic (exact) mass is 377 g/mol. The van der Waals surface area contributed by atoms with Crippen molar-refractivity contribution in [3.63, 3.8) is 0 Å². The minimum atomic E-state index is -4.67. The van der Waals surface area contributed by atoms with Crippen molar-refractivity contribution in [1.29, 1.82) is 0 Å². The third-order valence-electron chi connectivity index (χ3n) is 4.11.